The Morgan fingerprint density at radius 2 is 1.48 bits per heavy atom. The summed E-state index contributed by atoms with van der Waals surface area (Å²) < 4.78 is 21.8. The van der Waals surface area contributed by atoms with Gasteiger partial charge in [-0.25, -0.2) is 0 Å². The minimum absolute atomic E-state index is 0.208. The number of hydrogen-bond acceptors (Lipinski definition) is 5. The largest absolute Gasteiger partial charge is 0.496 e. The molecule has 134 valence electrons. The molecule has 0 aliphatic carbocycles. The Kier molecular flexibility index (Phi) is 6.52. The van der Waals surface area contributed by atoms with E-state index in [-0.39, 0.29) is 12.5 Å². The summed E-state index contributed by atoms with van der Waals surface area (Å²) in [5.41, 5.74) is 1.30. The molecule has 0 radical (unpaired) electrons. The number of benzene rings is 2. The minimum Gasteiger partial charge on any atom is -0.496 e. The van der Waals surface area contributed by atoms with Gasteiger partial charge in [0, 0.05) is 23.7 Å². The van der Waals surface area contributed by atoms with Gasteiger partial charge in [-0.2, -0.15) is 0 Å². The maximum atomic E-state index is 12.4. The van der Waals surface area contributed by atoms with E-state index >= 15 is 0 Å². The van der Waals surface area contributed by atoms with E-state index in [1.54, 1.807) is 58.8 Å². The highest BCUT2D eigenvalue weighted by atomic mass is 79.9. The Morgan fingerprint density at radius 1 is 0.880 bits per heavy atom. The smallest absolute Gasteiger partial charge is 0.251 e. The third kappa shape index (κ3) is 4.36. The Bertz CT molecular complexity index is 763. The minimum atomic E-state index is -0.208. The third-order valence-electron chi connectivity index (χ3n) is 3.64. The Morgan fingerprint density at radius 3 is 2.04 bits per heavy atom. The highest BCUT2D eigenvalue weighted by Gasteiger charge is 2.14. The molecular weight excluding hydrogens is 390 g/mol. The van der Waals surface area contributed by atoms with E-state index in [4.69, 9.17) is 18.9 Å². The van der Waals surface area contributed by atoms with Gasteiger partial charge < -0.3 is 24.3 Å². The van der Waals surface area contributed by atoms with Gasteiger partial charge >= 0.3 is 0 Å². The summed E-state index contributed by atoms with van der Waals surface area (Å²) in [6.07, 6.45) is 0. The van der Waals surface area contributed by atoms with Crippen LogP contribution in [0.1, 0.15) is 15.9 Å². The van der Waals surface area contributed by atoms with Crippen LogP contribution < -0.4 is 24.3 Å². The van der Waals surface area contributed by atoms with Gasteiger partial charge in [0.1, 0.15) is 11.5 Å². The first-order valence-electron chi connectivity index (χ1n) is 7.44. The van der Waals surface area contributed by atoms with Crippen LogP contribution in [-0.2, 0) is 6.54 Å². The number of nitrogens with one attached hydrogen (secondary N) is 1. The van der Waals surface area contributed by atoms with Crippen LogP contribution in [0.25, 0.3) is 0 Å². The fourth-order valence-corrected chi connectivity index (χ4v) is 2.86. The van der Waals surface area contributed by atoms with Crippen LogP contribution in [0.4, 0.5) is 0 Å². The summed E-state index contributed by atoms with van der Waals surface area (Å²) in [5.74, 6) is 2.19. The predicted octanol–water partition coefficient (Wildman–Crippen LogP) is 3.41. The van der Waals surface area contributed by atoms with E-state index in [0.29, 0.717) is 33.0 Å². The standard InChI is InChI=1S/C18H20BrNO5/c1-22-14-6-5-11(7-13(14)19)18(21)20-10-12-8-16(24-3)17(25-4)9-15(12)23-2/h5-9H,10H2,1-4H3,(H,20,21). The average molecular weight is 410 g/mol. The molecule has 0 fully saturated rings. The molecule has 6 nitrogen and oxygen atoms in total. The molecule has 0 spiro atoms. The fraction of sp³-hybridized carbons (Fsp3) is 0.278. The second-order valence-electron chi connectivity index (χ2n) is 5.05. The van der Waals surface area contributed by atoms with Crippen LogP contribution in [0, 0.1) is 0 Å². The zero-order valence-electron chi connectivity index (χ0n) is 14.5. The van der Waals surface area contributed by atoms with Crippen molar-refractivity contribution in [2.75, 3.05) is 28.4 Å². The Labute approximate surface area is 155 Å². The van der Waals surface area contributed by atoms with Gasteiger partial charge in [0.15, 0.2) is 11.5 Å². The monoisotopic (exact) mass is 409 g/mol. The SMILES string of the molecule is COc1ccc(C(=O)NCc2cc(OC)c(OC)cc2OC)cc1Br. The quantitative estimate of drug-likeness (QED) is 0.758. The first-order valence-corrected chi connectivity index (χ1v) is 8.24. The van der Waals surface area contributed by atoms with Crippen molar-refractivity contribution < 1.29 is 23.7 Å². The van der Waals surface area contributed by atoms with Gasteiger partial charge in [0.25, 0.3) is 5.91 Å². The first-order chi connectivity index (χ1) is 12.0. The van der Waals surface area contributed by atoms with Crippen LogP contribution >= 0.6 is 15.9 Å². The predicted molar refractivity (Wildman–Crippen MR) is 98.0 cm³/mol. The summed E-state index contributed by atoms with van der Waals surface area (Å²) in [4.78, 5) is 12.4. The Hall–Kier alpha value is -2.41. The van der Waals surface area contributed by atoms with Gasteiger partial charge in [-0.3, -0.25) is 4.79 Å². The normalized spacial score (nSPS) is 10.1. The average Bonchev–Trinajstić information content (AvgIpc) is 2.65. The molecule has 0 saturated heterocycles. The topological polar surface area (TPSA) is 66.0 Å². The van der Waals surface area contributed by atoms with Crippen LogP contribution in [0.3, 0.4) is 0 Å². The van der Waals surface area contributed by atoms with Gasteiger partial charge in [0.2, 0.25) is 0 Å². The lowest BCUT2D eigenvalue weighted by Gasteiger charge is -2.14. The summed E-state index contributed by atoms with van der Waals surface area (Å²) >= 11 is 3.37. The molecule has 2 rings (SSSR count). The van der Waals surface area contributed by atoms with Crippen molar-refractivity contribution in [1.29, 1.82) is 0 Å². The maximum Gasteiger partial charge on any atom is 0.251 e. The van der Waals surface area contributed by atoms with Crippen molar-refractivity contribution in [3.05, 3.63) is 45.9 Å². The maximum absolute atomic E-state index is 12.4. The molecule has 0 aliphatic heterocycles. The highest BCUT2D eigenvalue weighted by molar-refractivity contribution is 9.10. The molecule has 2 aromatic carbocycles. The number of ether oxygens (including phenoxy) is 4. The van der Waals surface area contributed by atoms with Crippen LogP contribution in [0.5, 0.6) is 23.0 Å². The lowest BCUT2D eigenvalue weighted by Crippen LogP contribution is -2.23. The van der Waals surface area contributed by atoms with Crippen molar-refractivity contribution >= 4 is 21.8 Å². The second kappa shape index (κ2) is 8.62. The van der Waals surface area contributed by atoms with Gasteiger partial charge in [-0.15, -0.1) is 0 Å². The summed E-state index contributed by atoms with van der Waals surface area (Å²) in [6, 6.07) is 8.65. The number of carbonyl (C=O) groups excluding carboxylic acids is 1. The lowest BCUT2D eigenvalue weighted by atomic mass is 10.1. The number of hydrogen-bond donors (Lipinski definition) is 1. The first kappa shape index (κ1) is 18.9. The van der Waals surface area contributed by atoms with E-state index in [1.165, 1.54) is 0 Å². The van der Waals surface area contributed by atoms with Crippen LogP contribution in [0.15, 0.2) is 34.8 Å². The zero-order valence-corrected chi connectivity index (χ0v) is 16.1. The van der Waals surface area contributed by atoms with Gasteiger partial charge in [-0.1, -0.05) is 0 Å². The van der Waals surface area contributed by atoms with Gasteiger partial charge in [0.05, 0.1) is 32.9 Å². The Balaban J connectivity index is 2.17. The van der Waals surface area contributed by atoms with Crippen molar-refractivity contribution in [2.45, 2.75) is 6.54 Å². The number of halogens is 1. The van der Waals surface area contributed by atoms with Crippen LogP contribution in [0.2, 0.25) is 0 Å². The molecule has 25 heavy (non-hydrogen) atoms. The molecule has 0 bridgehead atoms. The van der Waals surface area contributed by atoms with Crippen LogP contribution in [-0.4, -0.2) is 34.3 Å². The number of amides is 1. The van der Waals surface area contributed by atoms with E-state index in [0.717, 1.165) is 5.56 Å². The van der Waals surface area contributed by atoms with Crippen molar-refractivity contribution in [3.63, 3.8) is 0 Å². The van der Waals surface area contributed by atoms with Crippen molar-refractivity contribution in [2.24, 2.45) is 0 Å². The number of rotatable bonds is 7. The molecule has 1 N–H and O–H groups in total. The molecule has 0 saturated carbocycles. The number of carbonyl (C=O) groups is 1. The molecule has 1 amide bonds. The van der Waals surface area contributed by atoms with Gasteiger partial charge in [-0.05, 0) is 40.2 Å². The molecule has 7 heteroatoms. The summed E-state index contributed by atoms with van der Waals surface area (Å²) in [7, 11) is 6.25. The van der Waals surface area contributed by atoms with E-state index in [2.05, 4.69) is 21.2 Å². The summed E-state index contributed by atoms with van der Waals surface area (Å²) in [5, 5.41) is 2.87. The molecule has 2 aromatic rings. The summed E-state index contributed by atoms with van der Waals surface area (Å²) in [6.45, 7) is 0.284. The van der Waals surface area contributed by atoms with Crippen molar-refractivity contribution in [1.82, 2.24) is 5.32 Å². The highest BCUT2D eigenvalue weighted by Crippen LogP contribution is 2.34. The zero-order chi connectivity index (χ0) is 18.4. The second-order valence-corrected chi connectivity index (χ2v) is 5.91. The lowest BCUT2D eigenvalue weighted by molar-refractivity contribution is 0.0950. The molecule has 0 heterocycles. The number of methoxy groups -OCH3 is 4. The van der Waals surface area contributed by atoms with Crippen molar-refractivity contribution in [3.8, 4) is 23.0 Å². The molecule has 0 aliphatic rings. The fourth-order valence-electron chi connectivity index (χ4n) is 2.32. The molecule has 0 atom stereocenters. The van der Waals surface area contributed by atoms with E-state index < -0.39 is 0 Å². The molecule has 0 aromatic heterocycles. The third-order valence-corrected chi connectivity index (χ3v) is 4.26. The van der Waals surface area contributed by atoms with E-state index in [1.807, 2.05) is 0 Å². The van der Waals surface area contributed by atoms with E-state index in [9.17, 15) is 4.79 Å². The molecule has 0 unspecified atom stereocenters. The molecular formula is C18H20BrNO5.